The Hall–Kier alpha value is -3.70. The maximum atomic E-state index is 13.0. The highest BCUT2D eigenvalue weighted by Crippen LogP contribution is 2.29. The van der Waals surface area contributed by atoms with Crippen molar-refractivity contribution in [1.82, 2.24) is 9.55 Å². The van der Waals surface area contributed by atoms with E-state index in [0.29, 0.717) is 12.1 Å². The highest BCUT2D eigenvalue weighted by Gasteiger charge is 2.24. The van der Waals surface area contributed by atoms with E-state index in [4.69, 9.17) is 21.6 Å². The van der Waals surface area contributed by atoms with Crippen molar-refractivity contribution in [2.24, 2.45) is 0 Å². The summed E-state index contributed by atoms with van der Waals surface area (Å²) in [5, 5.41) is 18.9. The van der Waals surface area contributed by atoms with Crippen LogP contribution in [0.3, 0.4) is 0 Å². The summed E-state index contributed by atoms with van der Waals surface area (Å²) in [5.74, 6) is -2.34. The van der Waals surface area contributed by atoms with Gasteiger partial charge in [-0.15, -0.1) is 0 Å². The fourth-order valence-corrected chi connectivity index (χ4v) is 3.00. The van der Waals surface area contributed by atoms with Gasteiger partial charge in [-0.1, -0.05) is 17.7 Å². The van der Waals surface area contributed by atoms with Crippen molar-refractivity contribution >= 4 is 17.6 Å². The Labute approximate surface area is 169 Å². The second-order valence-corrected chi connectivity index (χ2v) is 6.27. The van der Waals surface area contributed by atoms with Crippen LogP contribution in [0.4, 0.5) is 4.39 Å². The molecule has 0 amide bonds. The van der Waals surface area contributed by atoms with Gasteiger partial charge in [0.05, 0.1) is 28.7 Å². The van der Waals surface area contributed by atoms with Crippen molar-refractivity contribution in [3.8, 4) is 28.8 Å². The average Bonchev–Trinajstić information content (AvgIpc) is 2.70. The first kappa shape index (κ1) is 20.0. The first-order chi connectivity index (χ1) is 13.8. The van der Waals surface area contributed by atoms with Crippen molar-refractivity contribution < 1.29 is 19.0 Å². The number of hydrogen-bond donors (Lipinski definition) is 1. The van der Waals surface area contributed by atoms with Crippen LogP contribution >= 0.6 is 11.6 Å². The Morgan fingerprint density at radius 2 is 2.14 bits per heavy atom. The molecule has 3 aromatic rings. The van der Waals surface area contributed by atoms with E-state index in [1.54, 1.807) is 6.92 Å². The van der Waals surface area contributed by atoms with E-state index in [0.717, 1.165) is 12.3 Å². The van der Waals surface area contributed by atoms with E-state index in [2.05, 4.69) is 4.98 Å². The predicted octanol–water partition coefficient (Wildman–Crippen LogP) is 4.08. The van der Waals surface area contributed by atoms with Gasteiger partial charge in [-0.3, -0.25) is 4.79 Å². The smallest absolute Gasteiger partial charge is 0.342 e. The summed E-state index contributed by atoms with van der Waals surface area (Å²) in [6.07, 6.45) is 2.44. The number of carboxylic acid groups (broad SMARTS) is 1. The van der Waals surface area contributed by atoms with E-state index in [9.17, 15) is 19.1 Å². The third-order valence-corrected chi connectivity index (χ3v) is 4.41. The molecule has 0 saturated heterocycles. The molecule has 146 valence electrons. The van der Waals surface area contributed by atoms with Gasteiger partial charge in [0.1, 0.15) is 17.4 Å². The zero-order valence-electron chi connectivity index (χ0n) is 15.0. The summed E-state index contributed by atoms with van der Waals surface area (Å²) in [5.41, 5.74) is -0.662. The van der Waals surface area contributed by atoms with Crippen molar-refractivity contribution in [3.63, 3.8) is 0 Å². The van der Waals surface area contributed by atoms with Gasteiger partial charge in [0.25, 0.3) is 0 Å². The van der Waals surface area contributed by atoms with Crippen LogP contribution in [-0.2, 0) is 6.54 Å². The number of carbonyl (C=O) groups is 1. The quantitative estimate of drug-likeness (QED) is 0.632. The first-order valence-electron chi connectivity index (χ1n) is 8.35. The molecule has 0 aliphatic rings. The third kappa shape index (κ3) is 3.95. The Morgan fingerprint density at radius 3 is 2.69 bits per heavy atom. The van der Waals surface area contributed by atoms with Gasteiger partial charge in [0.2, 0.25) is 11.4 Å². The Balaban J connectivity index is 2.22. The number of nitriles is 1. The summed E-state index contributed by atoms with van der Waals surface area (Å²) >= 11 is 6.08. The predicted molar refractivity (Wildman–Crippen MR) is 103 cm³/mol. The van der Waals surface area contributed by atoms with Gasteiger partial charge < -0.3 is 14.4 Å². The molecule has 0 radical (unpaired) electrons. The standard InChI is InChI=1S/C20H13ClFN3O4/c1-2-25-10-15(29-13-5-6-16(22)24-9-13)19(26)17(20(27)28)18(25)11-3-4-12(8-23)14(21)7-11/h3-7,9-10H,2H2,1H3,(H,27,28). The molecule has 0 unspecified atom stereocenters. The molecule has 0 fully saturated rings. The molecule has 0 bridgehead atoms. The lowest BCUT2D eigenvalue weighted by Crippen LogP contribution is -2.22. The lowest BCUT2D eigenvalue weighted by atomic mass is 10.0. The molecule has 2 heterocycles. The second-order valence-electron chi connectivity index (χ2n) is 5.86. The third-order valence-electron chi connectivity index (χ3n) is 4.09. The normalized spacial score (nSPS) is 10.4. The minimum absolute atomic E-state index is 0.0802. The Bertz CT molecular complexity index is 1200. The van der Waals surface area contributed by atoms with E-state index in [1.807, 2.05) is 6.07 Å². The summed E-state index contributed by atoms with van der Waals surface area (Å²) in [7, 11) is 0. The first-order valence-corrected chi connectivity index (χ1v) is 8.73. The number of aryl methyl sites for hydroxylation is 1. The van der Waals surface area contributed by atoms with Gasteiger partial charge in [0, 0.05) is 12.1 Å². The summed E-state index contributed by atoms with van der Waals surface area (Å²) < 4.78 is 20.0. The lowest BCUT2D eigenvalue weighted by molar-refractivity contribution is 0.0695. The van der Waals surface area contributed by atoms with E-state index in [-0.39, 0.29) is 27.8 Å². The summed E-state index contributed by atoms with van der Waals surface area (Å²) in [4.78, 5) is 28.2. The molecular weight excluding hydrogens is 401 g/mol. The van der Waals surface area contributed by atoms with Crippen LogP contribution in [0.25, 0.3) is 11.3 Å². The van der Waals surface area contributed by atoms with Crippen LogP contribution in [0.5, 0.6) is 11.5 Å². The minimum atomic E-state index is -1.45. The van der Waals surface area contributed by atoms with Crippen LogP contribution in [0, 0.1) is 17.3 Å². The molecule has 1 N–H and O–H groups in total. The molecule has 1 aromatic carbocycles. The molecule has 2 aromatic heterocycles. The van der Waals surface area contributed by atoms with Gasteiger partial charge in [-0.25, -0.2) is 9.78 Å². The minimum Gasteiger partial charge on any atom is -0.477 e. The number of hydrogen-bond acceptors (Lipinski definition) is 5. The van der Waals surface area contributed by atoms with E-state index < -0.39 is 22.9 Å². The highest BCUT2D eigenvalue weighted by atomic mass is 35.5. The topological polar surface area (TPSA) is 105 Å². The molecule has 9 heteroatoms. The number of pyridine rings is 2. The Kier molecular flexibility index (Phi) is 5.61. The monoisotopic (exact) mass is 413 g/mol. The number of ether oxygens (including phenoxy) is 1. The lowest BCUT2D eigenvalue weighted by Gasteiger charge is -2.17. The van der Waals surface area contributed by atoms with Crippen molar-refractivity contribution in [2.75, 3.05) is 0 Å². The van der Waals surface area contributed by atoms with E-state index in [1.165, 1.54) is 35.0 Å². The largest absolute Gasteiger partial charge is 0.477 e. The summed E-state index contributed by atoms with van der Waals surface area (Å²) in [6, 6.07) is 8.64. The number of aromatic nitrogens is 2. The number of benzene rings is 1. The second kappa shape index (κ2) is 8.12. The molecule has 0 spiro atoms. The molecular formula is C20H13ClFN3O4. The van der Waals surface area contributed by atoms with Crippen molar-refractivity contribution in [1.29, 1.82) is 5.26 Å². The van der Waals surface area contributed by atoms with Crippen LogP contribution in [-0.4, -0.2) is 20.6 Å². The number of aromatic carboxylic acids is 1. The molecule has 7 nitrogen and oxygen atoms in total. The molecule has 29 heavy (non-hydrogen) atoms. The van der Waals surface area contributed by atoms with Crippen molar-refractivity contribution in [2.45, 2.75) is 13.5 Å². The average molecular weight is 414 g/mol. The van der Waals surface area contributed by atoms with Gasteiger partial charge >= 0.3 is 5.97 Å². The number of carboxylic acids is 1. The summed E-state index contributed by atoms with van der Waals surface area (Å²) in [6.45, 7) is 2.07. The SMILES string of the molecule is CCn1cc(Oc2ccc(F)nc2)c(=O)c(C(=O)O)c1-c1ccc(C#N)c(Cl)c1. The number of halogens is 2. The molecule has 0 aliphatic carbocycles. The molecule has 0 saturated carbocycles. The van der Waals surface area contributed by atoms with Gasteiger partial charge in [0.15, 0.2) is 5.75 Å². The number of nitrogens with zero attached hydrogens (tertiary/aromatic N) is 3. The highest BCUT2D eigenvalue weighted by molar-refractivity contribution is 6.32. The Morgan fingerprint density at radius 1 is 1.38 bits per heavy atom. The zero-order chi connectivity index (χ0) is 21.1. The van der Waals surface area contributed by atoms with Crippen molar-refractivity contribution in [3.05, 3.63) is 75.0 Å². The van der Waals surface area contributed by atoms with E-state index >= 15 is 0 Å². The fourth-order valence-electron chi connectivity index (χ4n) is 2.77. The van der Waals surface area contributed by atoms with Gasteiger partial charge in [-0.2, -0.15) is 9.65 Å². The van der Waals surface area contributed by atoms with Gasteiger partial charge in [-0.05, 0) is 31.2 Å². The molecule has 3 rings (SSSR count). The zero-order valence-corrected chi connectivity index (χ0v) is 15.8. The van der Waals surface area contributed by atoms with Crippen LogP contribution in [0.2, 0.25) is 5.02 Å². The van der Waals surface area contributed by atoms with Crippen LogP contribution < -0.4 is 10.2 Å². The van der Waals surface area contributed by atoms with Crippen LogP contribution in [0.15, 0.2) is 47.5 Å². The fraction of sp³-hybridized carbons (Fsp3) is 0.100. The number of rotatable bonds is 5. The maximum Gasteiger partial charge on any atom is 0.342 e. The maximum absolute atomic E-state index is 13.0. The molecule has 0 atom stereocenters. The molecule has 0 aliphatic heterocycles. The van der Waals surface area contributed by atoms with Crippen LogP contribution in [0.1, 0.15) is 22.8 Å².